The van der Waals surface area contributed by atoms with Crippen LogP contribution in [0.2, 0.25) is 10.0 Å². The van der Waals surface area contributed by atoms with E-state index in [0.29, 0.717) is 16.7 Å². The molecule has 1 heterocycles. The highest BCUT2D eigenvalue weighted by molar-refractivity contribution is 6.35. The molecule has 0 radical (unpaired) electrons. The summed E-state index contributed by atoms with van der Waals surface area (Å²) in [5.41, 5.74) is 1.02. The molecule has 0 amide bonds. The molecule has 0 aliphatic carbocycles. The molecular weight excluding hydrogens is 244 g/mol. The number of ether oxygens (including phenoxy) is 1. The normalized spacial score (nSPS) is 14.7. The standard InChI is InChI=1S/C9H9Cl2NO.ClH/c10-7-3-6-5-12-1-2-13-9(6)8(11)4-7;/h3-4,12H,1-2,5H2;1H. The van der Waals surface area contributed by atoms with E-state index in [0.717, 1.165) is 24.4 Å². The second-order valence-electron chi connectivity index (χ2n) is 2.90. The molecule has 0 unspecified atom stereocenters. The van der Waals surface area contributed by atoms with Crippen LogP contribution in [-0.2, 0) is 6.54 Å². The van der Waals surface area contributed by atoms with Crippen molar-refractivity contribution in [2.75, 3.05) is 13.2 Å². The van der Waals surface area contributed by atoms with Crippen molar-refractivity contribution in [1.29, 1.82) is 0 Å². The summed E-state index contributed by atoms with van der Waals surface area (Å²) in [6, 6.07) is 3.58. The monoisotopic (exact) mass is 253 g/mol. The summed E-state index contributed by atoms with van der Waals surface area (Å²) in [5.74, 6) is 0.760. The minimum absolute atomic E-state index is 0. The Kier molecular flexibility index (Phi) is 4.32. The van der Waals surface area contributed by atoms with Crippen molar-refractivity contribution >= 4 is 35.6 Å². The van der Waals surface area contributed by atoms with Crippen LogP contribution >= 0.6 is 35.6 Å². The second kappa shape index (κ2) is 5.08. The molecule has 0 fully saturated rings. The highest BCUT2D eigenvalue weighted by atomic mass is 35.5. The van der Waals surface area contributed by atoms with E-state index < -0.39 is 0 Å². The van der Waals surface area contributed by atoms with Gasteiger partial charge in [0, 0.05) is 23.7 Å². The van der Waals surface area contributed by atoms with Crippen molar-refractivity contribution in [3.63, 3.8) is 0 Å². The number of fused-ring (bicyclic) bond motifs is 1. The zero-order chi connectivity index (χ0) is 9.26. The van der Waals surface area contributed by atoms with Crippen molar-refractivity contribution in [3.8, 4) is 5.75 Å². The van der Waals surface area contributed by atoms with Gasteiger partial charge in [-0.25, -0.2) is 0 Å². The predicted molar refractivity (Wildman–Crippen MR) is 60.9 cm³/mol. The molecule has 1 aromatic rings. The SMILES string of the molecule is Cl.Clc1cc(Cl)c2c(c1)CNCCO2. The first-order valence-electron chi connectivity index (χ1n) is 4.09. The minimum Gasteiger partial charge on any atom is -0.490 e. The Morgan fingerprint density at radius 3 is 2.86 bits per heavy atom. The van der Waals surface area contributed by atoms with Crippen molar-refractivity contribution in [2.24, 2.45) is 0 Å². The number of nitrogens with one attached hydrogen (secondary N) is 1. The van der Waals surface area contributed by atoms with Crippen LogP contribution in [0.5, 0.6) is 5.75 Å². The topological polar surface area (TPSA) is 21.3 Å². The highest BCUT2D eigenvalue weighted by Crippen LogP contribution is 2.32. The number of hydrogen-bond donors (Lipinski definition) is 1. The molecular formula is C9H10Cl3NO. The molecule has 1 N–H and O–H groups in total. The van der Waals surface area contributed by atoms with E-state index in [2.05, 4.69) is 5.32 Å². The quantitative estimate of drug-likeness (QED) is 0.769. The second-order valence-corrected chi connectivity index (χ2v) is 3.74. The van der Waals surface area contributed by atoms with Crippen molar-refractivity contribution in [2.45, 2.75) is 6.54 Å². The molecule has 2 rings (SSSR count). The summed E-state index contributed by atoms with van der Waals surface area (Å²) in [6.45, 7) is 2.24. The summed E-state index contributed by atoms with van der Waals surface area (Å²) < 4.78 is 5.48. The first-order valence-corrected chi connectivity index (χ1v) is 4.84. The summed E-state index contributed by atoms with van der Waals surface area (Å²) in [7, 11) is 0. The molecule has 1 aromatic carbocycles. The summed E-state index contributed by atoms with van der Waals surface area (Å²) in [4.78, 5) is 0. The van der Waals surface area contributed by atoms with Gasteiger partial charge in [0.2, 0.25) is 0 Å². The smallest absolute Gasteiger partial charge is 0.142 e. The van der Waals surface area contributed by atoms with Crippen LogP contribution in [0.3, 0.4) is 0 Å². The van der Waals surface area contributed by atoms with Crippen molar-refractivity contribution in [1.82, 2.24) is 5.32 Å². The Morgan fingerprint density at radius 1 is 1.29 bits per heavy atom. The Balaban J connectivity index is 0.000000980. The Bertz CT molecular complexity index is 330. The van der Waals surface area contributed by atoms with Gasteiger partial charge >= 0.3 is 0 Å². The summed E-state index contributed by atoms with van der Waals surface area (Å²) in [6.07, 6.45) is 0. The van der Waals surface area contributed by atoms with E-state index in [4.69, 9.17) is 27.9 Å². The zero-order valence-corrected chi connectivity index (χ0v) is 9.68. The Hall–Kier alpha value is -0.150. The van der Waals surface area contributed by atoms with E-state index in [-0.39, 0.29) is 12.4 Å². The summed E-state index contributed by atoms with van der Waals surface area (Å²) >= 11 is 11.9. The number of halogens is 3. The molecule has 78 valence electrons. The van der Waals surface area contributed by atoms with E-state index in [1.807, 2.05) is 6.07 Å². The van der Waals surface area contributed by atoms with Gasteiger partial charge in [-0.3, -0.25) is 0 Å². The number of benzene rings is 1. The van der Waals surface area contributed by atoms with E-state index in [1.165, 1.54) is 0 Å². The van der Waals surface area contributed by atoms with Gasteiger partial charge in [0.05, 0.1) is 5.02 Å². The van der Waals surface area contributed by atoms with E-state index in [1.54, 1.807) is 6.07 Å². The van der Waals surface area contributed by atoms with Gasteiger partial charge in [-0.15, -0.1) is 12.4 Å². The third-order valence-corrected chi connectivity index (χ3v) is 2.42. The fourth-order valence-electron chi connectivity index (χ4n) is 1.35. The van der Waals surface area contributed by atoms with Gasteiger partial charge in [0.1, 0.15) is 12.4 Å². The van der Waals surface area contributed by atoms with Crippen LogP contribution in [0.25, 0.3) is 0 Å². The average Bonchev–Trinajstić information content (AvgIpc) is 2.28. The molecule has 14 heavy (non-hydrogen) atoms. The third-order valence-electron chi connectivity index (χ3n) is 1.93. The lowest BCUT2D eigenvalue weighted by atomic mass is 10.2. The first kappa shape index (κ1) is 11.9. The highest BCUT2D eigenvalue weighted by Gasteiger charge is 2.12. The van der Waals surface area contributed by atoms with E-state index >= 15 is 0 Å². The Labute approximate surface area is 98.9 Å². The van der Waals surface area contributed by atoms with Gasteiger partial charge in [0.25, 0.3) is 0 Å². The largest absolute Gasteiger partial charge is 0.490 e. The molecule has 1 aliphatic rings. The first-order chi connectivity index (χ1) is 6.27. The van der Waals surface area contributed by atoms with Crippen LogP contribution in [-0.4, -0.2) is 13.2 Å². The van der Waals surface area contributed by atoms with Crippen LogP contribution < -0.4 is 10.1 Å². The van der Waals surface area contributed by atoms with Gasteiger partial charge in [0.15, 0.2) is 0 Å². The van der Waals surface area contributed by atoms with Crippen molar-refractivity contribution < 1.29 is 4.74 Å². The van der Waals surface area contributed by atoms with Gasteiger partial charge in [-0.2, -0.15) is 0 Å². The maximum Gasteiger partial charge on any atom is 0.142 e. The van der Waals surface area contributed by atoms with E-state index in [9.17, 15) is 0 Å². The molecule has 0 atom stereocenters. The molecule has 2 nitrogen and oxygen atoms in total. The number of hydrogen-bond acceptors (Lipinski definition) is 2. The Morgan fingerprint density at radius 2 is 2.07 bits per heavy atom. The lowest BCUT2D eigenvalue weighted by Crippen LogP contribution is -2.16. The maximum absolute atomic E-state index is 5.98. The van der Waals surface area contributed by atoms with Crippen LogP contribution in [0, 0.1) is 0 Å². The minimum atomic E-state index is 0. The predicted octanol–water partition coefficient (Wildman–Crippen LogP) is 2.90. The lowest BCUT2D eigenvalue weighted by molar-refractivity contribution is 0.326. The van der Waals surface area contributed by atoms with Crippen LogP contribution in [0.1, 0.15) is 5.56 Å². The fourth-order valence-corrected chi connectivity index (χ4v) is 1.95. The molecule has 0 bridgehead atoms. The van der Waals surface area contributed by atoms with Gasteiger partial charge in [-0.05, 0) is 12.1 Å². The molecule has 1 aliphatic heterocycles. The molecule has 5 heteroatoms. The fraction of sp³-hybridized carbons (Fsp3) is 0.333. The molecule has 0 saturated carbocycles. The van der Waals surface area contributed by atoms with Gasteiger partial charge in [-0.1, -0.05) is 23.2 Å². The third kappa shape index (κ3) is 2.45. The lowest BCUT2D eigenvalue weighted by Gasteiger charge is -2.08. The molecule has 0 saturated heterocycles. The number of rotatable bonds is 0. The van der Waals surface area contributed by atoms with Crippen LogP contribution in [0.15, 0.2) is 12.1 Å². The maximum atomic E-state index is 5.98. The summed E-state index contributed by atoms with van der Waals surface area (Å²) in [5, 5.41) is 4.45. The molecule has 0 spiro atoms. The zero-order valence-electron chi connectivity index (χ0n) is 7.35. The average molecular weight is 255 g/mol. The molecule has 0 aromatic heterocycles. The van der Waals surface area contributed by atoms with Gasteiger partial charge < -0.3 is 10.1 Å². The van der Waals surface area contributed by atoms with Crippen molar-refractivity contribution in [3.05, 3.63) is 27.7 Å². The van der Waals surface area contributed by atoms with Crippen LogP contribution in [0.4, 0.5) is 0 Å².